The Kier molecular flexibility index (Phi) is 12.4. The SMILES string of the molecule is CC(C)(C)c1ccc(N(c2ccc([Si](C)(C)C)cc2)c2cc3c(c4ccccc24)c2c4ccccc4c(N(c4ccc(C(C)(C)C)cc4)c4ccc([Si](C)(C)C)cc4)cc2n3-c2cccc(-c3ccccc3)c2)cc1. The van der Waals surface area contributed by atoms with Gasteiger partial charge in [0.25, 0.3) is 0 Å². The third-order valence-corrected chi connectivity index (χ3v) is 19.5. The van der Waals surface area contributed by atoms with Gasteiger partial charge in [0.2, 0.25) is 0 Å². The van der Waals surface area contributed by atoms with Crippen LogP contribution in [0.1, 0.15) is 52.7 Å². The van der Waals surface area contributed by atoms with Crippen molar-refractivity contribution in [1.82, 2.24) is 4.57 Å². The molecule has 0 atom stereocenters. The lowest BCUT2D eigenvalue weighted by molar-refractivity contribution is 0.590. The van der Waals surface area contributed by atoms with Crippen molar-refractivity contribution in [2.24, 2.45) is 0 Å². The van der Waals surface area contributed by atoms with Crippen molar-refractivity contribution in [3.8, 4) is 16.8 Å². The molecule has 0 aliphatic rings. The van der Waals surface area contributed by atoms with E-state index in [1.807, 2.05) is 0 Å². The molecule has 1 heterocycles. The summed E-state index contributed by atoms with van der Waals surface area (Å²) in [6.07, 6.45) is 0. The van der Waals surface area contributed by atoms with Gasteiger partial charge in [-0.2, -0.15) is 0 Å². The number of anilines is 6. The number of rotatable bonds is 10. The molecule has 5 heteroatoms. The van der Waals surface area contributed by atoms with Gasteiger partial charge in [0, 0.05) is 50.0 Å². The Morgan fingerprint density at radius 3 is 1.05 bits per heavy atom. The number of hydrogen-bond acceptors (Lipinski definition) is 2. The number of aromatic nitrogens is 1. The Bertz CT molecular complexity index is 3550. The van der Waals surface area contributed by atoms with Gasteiger partial charge in [-0.1, -0.05) is 231 Å². The summed E-state index contributed by atoms with van der Waals surface area (Å²) >= 11 is 0. The second kappa shape index (κ2) is 18.7. The highest BCUT2D eigenvalue weighted by molar-refractivity contribution is 6.89. The Morgan fingerprint density at radius 2 is 0.680 bits per heavy atom. The van der Waals surface area contributed by atoms with Crippen LogP contribution in [0.3, 0.4) is 0 Å². The molecule has 0 bridgehead atoms. The van der Waals surface area contributed by atoms with E-state index < -0.39 is 16.1 Å². The molecule has 11 rings (SSSR count). The summed E-state index contributed by atoms with van der Waals surface area (Å²) in [5.41, 5.74) is 15.3. The summed E-state index contributed by atoms with van der Waals surface area (Å²) in [5, 5.41) is 10.2. The van der Waals surface area contributed by atoms with E-state index in [-0.39, 0.29) is 10.8 Å². The van der Waals surface area contributed by atoms with E-state index in [0.717, 1.165) is 50.8 Å². The predicted molar refractivity (Wildman–Crippen MR) is 334 cm³/mol. The Labute approximate surface area is 447 Å². The second-order valence-corrected chi connectivity index (χ2v) is 34.9. The quantitative estimate of drug-likeness (QED) is 0.127. The van der Waals surface area contributed by atoms with Crippen LogP contribution in [0.2, 0.25) is 39.3 Å². The van der Waals surface area contributed by atoms with Crippen molar-refractivity contribution in [1.29, 1.82) is 0 Å². The van der Waals surface area contributed by atoms with Crippen LogP contribution in [0.15, 0.2) is 212 Å². The molecule has 75 heavy (non-hydrogen) atoms. The Hall–Kier alpha value is -7.45. The van der Waals surface area contributed by atoms with Crippen LogP contribution >= 0.6 is 0 Å². The van der Waals surface area contributed by atoms with Gasteiger partial charge >= 0.3 is 0 Å². The molecule has 3 nitrogen and oxygen atoms in total. The van der Waals surface area contributed by atoms with E-state index in [1.165, 1.54) is 64.9 Å². The molecule has 0 saturated heterocycles. The fraction of sp³-hybridized carbons (Fsp3) is 0.200. The third-order valence-electron chi connectivity index (χ3n) is 15.4. The first kappa shape index (κ1) is 49.7. The zero-order chi connectivity index (χ0) is 52.6. The minimum Gasteiger partial charge on any atom is -0.310 e. The summed E-state index contributed by atoms with van der Waals surface area (Å²) in [6, 6.07) is 80.6. The van der Waals surface area contributed by atoms with E-state index >= 15 is 0 Å². The highest BCUT2D eigenvalue weighted by atomic mass is 28.3. The fourth-order valence-electron chi connectivity index (χ4n) is 11.1. The highest BCUT2D eigenvalue weighted by Crippen LogP contribution is 2.50. The minimum absolute atomic E-state index is 0.0215. The van der Waals surface area contributed by atoms with Crippen LogP contribution in [0.4, 0.5) is 34.1 Å². The molecule has 0 fully saturated rings. The lowest BCUT2D eigenvalue weighted by Gasteiger charge is -2.29. The van der Waals surface area contributed by atoms with Crippen LogP contribution in [0.5, 0.6) is 0 Å². The average Bonchev–Trinajstić information content (AvgIpc) is 3.74. The zero-order valence-electron chi connectivity index (χ0n) is 46.0. The maximum atomic E-state index is 2.56. The molecule has 374 valence electrons. The normalized spacial score (nSPS) is 12.5. The van der Waals surface area contributed by atoms with Crippen LogP contribution < -0.4 is 20.2 Å². The number of hydrogen-bond donors (Lipinski definition) is 0. The van der Waals surface area contributed by atoms with Gasteiger partial charge in [0.1, 0.15) is 0 Å². The molecule has 0 aliphatic carbocycles. The third kappa shape index (κ3) is 9.31. The summed E-state index contributed by atoms with van der Waals surface area (Å²) in [6.45, 7) is 28.3. The lowest BCUT2D eigenvalue weighted by atomic mass is 9.87. The van der Waals surface area contributed by atoms with Crippen molar-refractivity contribution < 1.29 is 0 Å². The van der Waals surface area contributed by atoms with Gasteiger partial charge in [-0.05, 0) is 117 Å². The summed E-state index contributed by atoms with van der Waals surface area (Å²) in [4.78, 5) is 5.00. The molecule has 0 radical (unpaired) electrons. The smallest absolute Gasteiger partial charge is 0.0775 e. The molecule has 0 aliphatic heterocycles. The van der Waals surface area contributed by atoms with Crippen molar-refractivity contribution in [2.45, 2.75) is 91.7 Å². The molecule has 0 spiro atoms. The van der Waals surface area contributed by atoms with Crippen molar-refractivity contribution in [2.75, 3.05) is 9.80 Å². The van der Waals surface area contributed by atoms with Gasteiger partial charge in [0.05, 0.1) is 38.6 Å². The van der Waals surface area contributed by atoms with E-state index in [9.17, 15) is 0 Å². The maximum Gasteiger partial charge on any atom is 0.0775 e. The Balaban J connectivity index is 1.27. The van der Waals surface area contributed by atoms with E-state index in [0.29, 0.717) is 0 Å². The first-order chi connectivity index (χ1) is 35.7. The van der Waals surface area contributed by atoms with Crippen molar-refractivity contribution in [3.05, 3.63) is 223 Å². The summed E-state index contributed by atoms with van der Waals surface area (Å²) in [7, 11) is -3.15. The van der Waals surface area contributed by atoms with Gasteiger partial charge in [-0.3, -0.25) is 0 Å². The van der Waals surface area contributed by atoms with E-state index in [1.54, 1.807) is 0 Å². The van der Waals surface area contributed by atoms with Gasteiger partial charge in [-0.25, -0.2) is 0 Å². The van der Waals surface area contributed by atoms with Crippen molar-refractivity contribution >= 4 is 104 Å². The van der Waals surface area contributed by atoms with Gasteiger partial charge < -0.3 is 14.4 Å². The molecule has 0 saturated carbocycles. The van der Waals surface area contributed by atoms with E-state index in [2.05, 4.69) is 308 Å². The van der Waals surface area contributed by atoms with Crippen LogP contribution in [0, 0.1) is 0 Å². The minimum atomic E-state index is -1.57. The number of fused-ring (bicyclic) bond motifs is 7. The molecular weight excluding hydrogens is 939 g/mol. The summed E-state index contributed by atoms with van der Waals surface area (Å²) < 4.78 is 2.56. The van der Waals surface area contributed by atoms with Crippen LogP contribution in [-0.2, 0) is 10.8 Å². The largest absolute Gasteiger partial charge is 0.310 e. The molecule has 1 aromatic heterocycles. The Morgan fingerprint density at radius 1 is 0.333 bits per heavy atom. The summed E-state index contributed by atoms with van der Waals surface area (Å²) in [5.74, 6) is 0. The fourth-order valence-corrected chi connectivity index (χ4v) is 13.4. The standard InChI is InChI=1S/C70H71N3Si2/c1-69(2,3)50-29-33-52(34-30-50)71(54-37-41-57(42-38-54)74(7,8)9)63-46-65-67(61-27-18-16-25-59(61)63)68-62-28-19-17-26-60(62)64(47-66(68)73(65)56-24-20-23-49(45-56)48-21-14-13-15-22-48)72(53-35-31-51(32-36-53)70(4,5)6)55-39-43-58(44-40-55)75(10,11)12/h13-47H,1-12H3. The number of nitrogens with zero attached hydrogens (tertiary/aromatic N) is 3. The highest BCUT2D eigenvalue weighted by Gasteiger charge is 2.28. The first-order valence-electron chi connectivity index (χ1n) is 26.8. The predicted octanol–water partition coefficient (Wildman–Crippen LogP) is 19.4. The van der Waals surface area contributed by atoms with E-state index in [4.69, 9.17) is 0 Å². The first-order valence-corrected chi connectivity index (χ1v) is 33.8. The zero-order valence-corrected chi connectivity index (χ0v) is 48.0. The molecule has 10 aromatic carbocycles. The molecule has 11 aromatic rings. The monoisotopic (exact) mass is 1010 g/mol. The van der Waals surface area contributed by atoms with Crippen LogP contribution in [0.25, 0.3) is 60.2 Å². The number of benzene rings is 10. The molecular formula is C70H71N3Si2. The maximum absolute atomic E-state index is 2.56. The molecule has 0 amide bonds. The van der Waals surface area contributed by atoms with Crippen LogP contribution in [-0.4, -0.2) is 20.7 Å². The molecule has 0 unspecified atom stereocenters. The topological polar surface area (TPSA) is 11.4 Å². The average molecular weight is 1010 g/mol. The van der Waals surface area contributed by atoms with Gasteiger partial charge in [0.15, 0.2) is 0 Å². The second-order valence-electron chi connectivity index (χ2n) is 24.8. The molecule has 0 N–H and O–H groups in total. The van der Waals surface area contributed by atoms with Crippen molar-refractivity contribution in [3.63, 3.8) is 0 Å². The lowest BCUT2D eigenvalue weighted by Crippen LogP contribution is -2.37. The van der Waals surface area contributed by atoms with Gasteiger partial charge in [-0.15, -0.1) is 0 Å².